The number of aliphatic hydroxyl groups excluding tert-OH is 2. The normalized spacial score (nSPS) is 17.3. The Bertz CT molecular complexity index is 1290. The monoisotopic (exact) mass is 626 g/mol. The second-order valence-electron chi connectivity index (χ2n) is 10.5. The minimum Gasteiger partial charge on any atom is -0.491 e. The average Bonchev–Trinajstić information content (AvgIpc) is 3.09. The van der Waals surface area contributed by atoms with E-state index in [2.05, 4.69) is 44.7 Å². The van der Waals surface area contributed by atoms with Crippen molar-refractivity contribution in [2.45, 2.75) is 72.5 Å². The maximum atomic E-state index is 13.0. The molecule has 12 nitrogen and oxygen atoms in total. The Kier molecular flexibility index (Phi) is 16.4. The number of aliphatic hydroxyl groups is 2. The number of anilines is 2. The van der Waals surface area contributed by atoms with Crippen LogP contribution in [0.2, 0.25) is 0 Å². The third kappa shape index (κ3) is 10.2. The molecule has 2 fully saturated rings. The minimum atomic E-state index is -0.303. The highest BCUT2D eigenvalue weighted by Crippen LogP contribution is 2.28. The molecule has 1 aromatic carbocycles. The van der Waals surface area contributed by atoms with Crippen LogP contribution in [0.1, 0.15) is 70.7 Å². The molecule has 2 aliphatic heterocycles. The summed E-state index contributed by atoms with van der Waals surface area (Å²) in [4.78, 5) is 27.3. The fraction of sp³-hybridized carbons (Fsp3) is 0.606. The molecule has 250 valence electrons. The third-order valence-corrected chi connectivity index (χ3v) is 7.94. The van der Waals surface area contributed by atoms with Crippen molar-refractivity contribution in [3.05, 3.63) is 52.0 Å². The lowest BCUT2D eigenvalue weighted by molar-refractivity contribution is 0.0607. The lowest BCUT2D eigenvalue weighted by Crippen LogP contribution is -2.59. The predicted molar refractivity (Wildman–Crippen MR) is 181 cm³/mol. The van der Waals surface area contributed by atoms with Crippen LogP contribution in [-0.2, 0) is 6.54 Å². The molecule has 0 amide bonds. The molecular formula is C33H54N8O4. The number of nitriles is 1. The predicted octanol–water partition coefficient (Wildman–Crippen LogP) is 2.77. The van der Waals surface area contributed by atoms with Gasteiger partial charge in [-0.3, -0.25) is 14.6 Å². The van der Waals surface area contributed by atoms with Gasteiger partial charge in [-0.05, 0) is 44.5 Å². The van der Waals surface area contributed by atoms with Crippen LogP contribution in [-0.4, -0.2) is 101 Å². The van der Waals surface area contributed by atoms with E-state index in [1.54, 1.807) is 6.07 Å². The van der Waals surface area contributed by atoms with Gasteiger partial charge in [0.25, 0.3) is 5.56 Å². The topological polar surface area (TPSA) is 167 Å². The zero-order valence-corrected chi connectivity index (χ0v) is 27.8. The molecular weight excluding hydrogens is 572 g/mol. The smallest absolute Gasteiger partial charge is 0.291 e. The van der Waals surface area contributed by atoms with Crippen molar-refractivity contribution in [2.24, 2.45) is 0 Å². The highest BCUT2D eigenvalue weighted by atomic mass is 16.5. The first-order chi connectivity index (χ1) is 21.9. The van der Waals surface area contributed by atoms with E-state index in [-0.39, 0.29) is 31.2 Å². The van der Waals surface area contributed by atoms with Crippen molar-refractivity contribution in [3.63, 3.8) is 0 Å². The van der Waals surface area contributed by atoms with Gasteiger partial charge < -0.3 is 35.9 Å². The van der Waals surface area contributed by atoms with Gasteiger partial charge in [0.2, 0.25) is 0 Å². The Morgan fingerprint density at radius 2 is 1.89 bits per heavy atom. The number of piperidine rings is 1. The minimum absolute atomic E-state index is 0.0607. The van der Waals surface area contributed by atoms with Crippen LogP contribution in [0.5, 0.6) is 5.75 Å². The lowest BCUT2D eigenvalue weighted by Gasteiger charge is -2.47. The third-order valence-electron chi connectivity index (χ3n) is 7.94. The second-order valence-corrected chi connectivity index (χ2v) is 10.5. The molecule has 0 saturated carbocycles. The van der Waals surface area contributed by atoms with Crippen LogP contribution in [0.15, 0.2) is 29.6 Å². The van der Waals surface area contributed by atoms with E-state index in [1.165, 1.54) is 0 Å². The Morgan fingerprint density at radius 1 is 1.18 bits per heavy atom. The first-order valence-electron chi connectivity index (χ1n) is 16.3. The number of H-pyrrole nitrogens is 1. The summed E-state index contributed by atoms with van der Waals surface area (Å²) in [6, 6.07) is 8.41. The Labute approximate surface area is 268 Å². The van der Waals surface area contributed by atoms with E-state index in [0.717, 1.165) is 51.0 Å². The fourth-order valence-electron chi connectivity index (χ4n) is 5.79. The molecule has 0 radical (unpaired) electrons. The summed E-state index contributed by atoms with van der Waals surface area (Å²) in [5, 5.41) is 30.4. The van der Waals surface area contributed by atoms with Crippen LogP contribution in [0.4, 0.5) is 11.6 Å². The SMILES string of the molecule is C=C(NCCO)c1[nH]c(=O)c(N2CCN(C3CCN(Cc4ccc(C#N)cc4OCCO)CC3)C(CC)C2)nc1N.CC.CC. The molecule has 3 heterocycles. The first kappa shape index (κ1) is 37.6. The number of likely N-dealkylation sites (tertiary alicyclic amines) is 1. The van der Waals surface area contributed by atoms with Gasteiger partial charge in [-0.15, -0.1) is 0 Å². The standard InChI is InChI=1S/C29H42N8O4.2C2H6/c1-3-23-19-36(28-29(40)33-26(27(31)34-28)20(2)32-8-13-38)11-12-37(23)24-6-9-35(10-7-24)18-22-5-4-21(17-30)16-25(22)41-15-14-39;2*1-2/h4-5,16,23-24,32,38-39H,2-3,6-15,18-19H2,1H3,(H2,31,34)(H,33,40);2*1-2H3. The fourth-order valence-corrected chi connectivity index (χ4v) is 5.79. The summed E-state index contributed by atoms with van der Waals surface area (Å²) in [6.07, 6.45) is 3.05. The molecule has 2 aliphatic rings. The molecule has 6 N–H and O–H groups in total. The second kappa shape index (κ2) is 19.7. The number of nitrogens with two attached hydrogens (primary N) is 1. The van der Waals surface area contributed by atoms with E-state index in [9.17, 15) is 15.2 Å². The summed E-state index contributed by atoms with van der Waals surface area (Å²) < 4.78 is 5.72. The molecule has 0 bridgehead atoms. The van der Waals surface area contributed by atoms with Gasteiger partial charge in [0.05, 0.1) is 30.5 Å². The summed E-state index contributed by atoms with van der Waals surface area (Å²) in [6.45, 7) is 19.3. The van der Waals surface area contributed by atoms with Gasteiger partial charge in [0.15, 0.2) is 11.6 Å². The van der Waals surface area contributed by atoms with Crippen LogP contribution in [0.3, 0.4) is 0 Å². The summed E-state index contributed by atoms with van der Waals surface area (Å²) in [5.41, 5.74) is 8.20. The number of aromatic amines is 1. The van der Waals surface area contributed by atoms with Gasteiger partial charge in [-0.2, -0.15) is 5.26 Å². The molecule has 0 spiro atoms. The van der Waals surface area contributed by atoms with Crippen molar-refractivity contribution in [2.75, 3.05) is 69.7 Å². The van der Waals surface area contributed by atoms with Crippen molar-refractivity contribution >= 4 is 17.3 Å². The van der Waals surface area contributed by atoms with E-state index < -0.39 is 0 Å². The number of hydrogen-bond acceptors (Lipinski definition) is 11. The van der Waals surface area contributed by atoms with E-state index >= 15 is 0 Å². The Hall–Kier alpha value is -3.63. The number of rotatable bonds is 12. The number of nitrogen functional groups attached to an aromatic ring is 1. The van der Waals surface area contributed by atoms with E-state index in [4.69, 9.17) is 15.6 Å². The van der Waals surface area contributed by atoms with Crippen molar-refractivity contribution in [1.29, 1.82) is 5.26 Å². The first-order valence-corrected chi connectivity index (χ1v) is 16.3. The zero-order valence-electron chi connectivity index (χ0n) is 27.8. The van der Waals surface area contributed by atoms with E-state index in [0.29, 0.717) is 60.2 Å². The molecule has 2 aromatic rings. The van der Waals surface area contributed by atoms with Gasteiger partial charge in [-0.1, -0.05) is 47.3 Å². The Balaban J connectivity index is 0.00000169. The van der Waals surface area contributed by atoms with Crippen LogP contribution < -0.4 is 26.2 Å². The number of benzene rings is 1. The van der Waals surface area contributed by atoms with Crippen molar-refractivity contribution in [3.8, 4) is 11.8 Å². The molecule has 12 heteroatoms. The molecule has 1 aromatic heterocycles. The van der Waals surface area contributed by atoms with Gasteiger partial charge in [0, 0.05) is 50.4 Å². The number of aromatic nitrogens is 2. The van der Waals surface area contributed by atoms with Gasteiger partial charge >= 0.3 is 0 Å². The molecule has 0 aliphatic carbocycles. The summed E-state index contributed by atoms with van der Waals surface area (Å²) in [7, 11) is 0. The Morgan fingerprint density at radius 3 is 2.51 bits per heavy atom. The average molecular weight is 627 g/mol. The number of ether oxygens (including phenoxy) is 1. The molecule has 1 unspecified atom stereocenters. The number of hydrogen-bond donors (Lipinski definition) is 5. The zero-order chi connectivity index (χ0) is 33.4. The number of nitrogens with one attached hydrogen (secondary N) is 2. The molecule has 2 saturated heterocycles. The summed E-state index contributed by atoms with van der Waals surface area (Å²) >= 11 is 0. The lowest BCUT2D eigenvalue weighted by atomic mass is 9.97. The van der Waals surface area contributed by atoms with Crippen LogP contribution in [0.25, 0.3) is 5.70 Å². The van der Waals surface area contributed by atoms with Crippen molar-refractivity contribution in [1.82, 2.24) is 25.1 Å². The number of nitrogens with zero attached hydrogens (tertiary/aromatic N) is 5. The highest BCUT2D eigenvalue weighted by molar-refractivity contribution is 5.68. The van der Waals surface area contributed by atoms with Crippen molar-refractivity contribution < 1.29 is 14.9 Å². The maximum absolute atomic E-state index is 13.0. The quantitative estimate of drug-likeness (QED) is 0.235. The highest BCUT2D eigenvalue weighted by Gasteiger charge is 2.34. The van der Waals surface area contributed by atoms with E-state index in [1.807, 2.05) is 44.7 Å². The number of piperazine rings is 1. The van der Waals surface area contributed by atoms with Gasteiger partial charge in [0.1, 0.15) is 18.1 Å². The largest absolute Gasteiger partial charge is 0.491 e. The molecule has 1 atom stereocenters. The summed E-state index contributed by atoms with van der Waals surface area (Å²) in [5.74, 6) is 1.19. The van der Waals surface area contributed by atoms with Crippen LogP contribution >= 0.6 is 0 Å². The van der Waals surface area contributed by atoms with Crippen LogP contribution in [0, 0.1) is 11.3 Å². The molecule has 45 heavy (non-hydrogen) atoms. The maximum Gasteiger partial charge on any atom is 0.291 e. The van der Waals surface area contributed by atoms with Gasteiger partial charge in [-0.25, -0.2) is 4.98 Å². The molecule has 4 rings (SSSR count).